The Hall–Kier alpha value is -8.48. The summed E-state index contributed by atoms with van der Waals surface area (Å²) >= 11 is 0. The molecule has 0 saturated heterocycles. The van der Waals surface area contributed by atoms with Gasteiger partial charge in [-0.15, -0.1) is 58.7 Å². The van der Waals surface area contributed by atoms with Crippen molar-refractivity contribution in [3.8, 4) is 44.8 Å². The number of aromatic nitrogens is 2. The minimum Gasteiger partial charge on any atom is -0.512 e. The zero-order valence-corrected chi connectivity index (χ0v) is 48.7. The van der Waals surface area contributed by atoms with Gasteiger partial charge in [-0.25, -0.2) is 0 Å². The van der Waals surface area contributed by atoms with Crippen LogP contribution in [-0.4, -0.2) is 20.9 Å². The molecule has 2 aliphatic rings. The maximum atomic E-state index is 10.0. The number of anilines is 6. The molecular formula is C73H66IrN4O2-2. The van der Waals surface area contributed by atoms with Gasteiger partial charge in [-0.3, -0.25) is 4.79 Å². The van der Waals surface area contributed by atoms with Crippen molar-refractivity contribution in [3.05, 3.63) is 277 Å². The number of fused-ring (bicyclic) bond motifs is 6. The summed E-state index contributed by atoms with van der Waals surface area (Å²) in [6, 6.07) is 84.7. The molecule has 0 aliphatic heterocycles. The van der Waals surface area contributed by atoms with Crippen LogP contribution >= 0.6 is 0 Å². The molecule has 8 aromatic carbocycles. The molecule has 2 aromatic heterocycles. The number of benzene rings is 8. The number of aliphatic hydroxyl groups is 1. The third-order valence-electron chi connectivity index (χ3n) is 15.8. The zero-order chi connectivity index (χ0) is 54.9. The first-order valence-electron chi connectivity index (χ1n) is 27.6. The molecule has 10 aromatic rings. The van der Waals surface area contributed by atoms with Gasteiger partial charge in [-0.2, -0.15) is 0 Å². The molecule has 2 heterocycles. The van der Waals surface area contributed by atoms with Crippen LogP contribution in [0.15, 0.2) is 243 Å². The fourth-order valence-corrected chi connectivity index (χ4v) is 12.0. The average molecular weight is 1220 g/mol. The molecule has 0 saturated carbocycles. The molecule has 12 rings (SSSR count). The molecule has 0 spiro atoms. The predicted molar refractivity (Wildman–Crippen MR) is 327 cm³/mol. The van der Waals surface area contributed by atoms with E-state index in [0.717, 1.165) is 70.9 Å². The summed E-state index contributed by atoms with van der Waals surface area (Å²) < 4.78 is 0. The number of hydrogen-bond donors (Lipinski definition) is 1. The molecule has 1 radical (unpaired) electrons. The molecule has 1 N–H and O–H groups in total. The molecule has 0 bridgehead atoms. The average Bonchev–Trinajstić information content (AvgIpc) is 3.96. The van der Waals surface area contributed by atoms with Gasteiger partial charge in [0.25, 0.3) is 0 Å². The minimum atomic E-state index is -0.125. The Morgan fingerprint density at radius 3 is 1.04 bits per heavy atom. The predicted octanol–water partition coefficient (Wildman–Crippen LogP) is 19.2. The van der Waals surface area contributed by atoms with Crippen LogP contribution in [0.2, 0.25) is 0 Å². The summed E-state index contributed by atoms with van der Waals surface area (Å²) in [6.45, 7) is 12.1. The van der Waals surface area contributed by atoms with Gasteiger partial charge in [0.05, 0.1) is 5.76 Å². The molecule has 401 valence electrons. The minimum absolute atomic E-state index is 0. The summed E-state index contributed by atoms with van der Waals surface area (Å²) in [6.07, 6.45) is 9.02. The number of hydrogen-bond acceptors (Lipinski definition) is 6. The second-order valence-corrected chi connectivity index (χ2v) is 20.2. The van der Waals surface area contributed by atoms with Gasteiger partial charge in [0.15, 0.2) is 5.78 Å². The Labute approximate surface area is 486 Å². The fourth-order valence-electron chi connectivity index (χ4n) is 12.0. The standard InChI is InChI=1S/2C34H29N2.C5H8O2.Ir/c2*1-3-34(4-2)31-23-25(33-17-11-12-22-35-33)18-20-29(31)30-21-19-28(24-32(30)34)36(26-13-7-5-8-14-26)27-15-9-6-10-16-27;1-4(6)3-5(2)7;/h2*5-17,19-24H,3-4H2,1-2H3;3,6H,1-2H3;/q2*-1;;/b;;4-3-;. The molecule has 0 amide bonds. The number of ketones is 1. The SMILES string of the molecule is CC(=O)/C=C(/C)O.CCC1(CC)c2cc(-c3ccccn3)[c-]cc2-c2ccc(N(c3ccccc3)c3ccccc3)cc21.CCC1(CC)c2cc(-c3ccccn3)[c-]cc2-c2ccc(N(c3ccccc3)c3ccccc3)cc21.[Ir]. The zero-order valence-electron chi connectivity index (χ0n) is 46.3. The topological polar surface area (TPSA) is 69.6 Å². The van der Waals surface area contributed by atoms with Gasteiger partial charge in [0.1, 0.15) is 0 Å². The molecule has 80 heavy (non-hydrogen) atoms. The number of pyridine rings is 2. The number of carbonyl (C=O) groups is 1. The number of nitrogens with zero attached hydrogens (tertiary/aromatic N) is 4. The number of para-hydroxylation sites is 4. The van der Waals surface area contributed by atoms with Crippen LogP contribution in [0.4, 0.5) is 34.1 Å². The van der Waals surface area contributed by atoms with Crippen molar-refractivity contribution in [1.82, 2.24) is 9.97 Å². The summed E-state index contributed by atoms with van der Waals surface area (Å²) in [5.41, 5.74) is 21.8. The van der Waals surface area contributed by atoms with Gasteiger partial charge in [-0.1, -0.05) is 159 Å². The van der Waals surface area contributed by atoms with Crippen molar-refractivity contribution >= 4 is 39.9 Å². The van der Waals surface area contributed by atoms with Gasteiger partial charge in [0, 0.05) is 83.5 Å². The molecule has 7 heteroatoms. The van der Waals surface area contributed by atoms with Crippen molar-refractivity contribution in [2.24, 2.45) is 0 Å². The first-order chi connectivity index (χ1) is 38.6. The van der Waals surface area contributed by atoms with Crippen molar-refractivity contribution in [2.75, 3.05) is 9.80 Å². The summed E-state index contributed by atoms with van der Waals surface area (Å²) in [7, 11) is 0. The van der Waals surface area contributed by atoms with E-state index >= 15 is 0 Å². The van der Waals surface area contributed by atoms with E-state index in [4.69, 9.17) is 5.11 Å². The van der Waals surface area contributed by atoms with E-state index < -0.39 is 0 Å². The first-order valence-corrected chi connectivity index (χ1v) is 27.6. The molecule has 6 nitrogen and oxygen atoms in total. The van der Waals surface area contributed by atoms with Gasteiger partial charge in [-0.05, 0) is 147 Å². The first kappa shape index (κ1) is 56.2. The van der Waals surface area contributed by atoms with Crippen LogP contribution in [0.5, 0.6) is 0 Å². The monoisotopic (exact) mass is 1220 g/mol. The largest absolute Gasteiger partial charge is 0.512 e. The second-order valence-electron chi connectivity index (χ2n) is 20.2. The van der Waals surface area contributed by atoms with Crippen LogP contribution in [0.3, 0.4) is 0 Å². The van der Waals surface area contributed by atoms with Crippen LogP contribution in [0, 0.1) is 12.1 Å². The smallest absolute Gasteiger partial charge is 0.155 e. The summed E-state index contributed by atoms with van der Waals surface area (Å²) in [5.74, 6) is -0.0625. The molecular weight excluding hydrogens is 1160 g/mol. The number of aliphatic hydroxyl groups excluding tert-OH is 1. The van der Waals surface area contributed by atoms with E-state index in [1.54, 1.807) is 0 Å². The van der Waals surface area contributed by atoms with Crippen molar-refractivity contribution in [1.29, 1.82) is 0 Å². The molecule has 0 unspecified atom stereocenters. The molecule has 2 aliphatic carbocycles. The van der Waals surface area contributed by atoms with Crippen LogP contribution in [0.25, 0.3) is 44.8 Å². The summed E-state index contributed by atoms with van der Waals surface area (Å²) in [4.78, 5) is 23.9. The quantitative estimate of drug-likeness (QED) is 0.0705. The maximum Gasteiger partial charge on any atom is 0.155 e. The van der Waals surface area contributed by atoms with Crippen molar-refractivity contribution in [2.45, 2.75) is 78.1 Å². The Morgan fingerprint density at radius 2 is 0.762 bits per heavy atom. The van der Waals surface area contributed by atoms with Crippen molar-refractivity contribution in [3.63, 3.8) is 0 Å². The molecule has 0 atom stereocenters. The summed E-state index contributed by atoms with van der Waals surface area (Å²) in [5, 5.41) is 8.36. The normalized spacial score (nSPS) is 12.8. The number of carbonyl (C=O) groups excluding carboxylic acids is 1. The van der Waals surface area contributed by atoms with E-state index in [0.29, 0.717) is 0 Å². The van der Waals surface area contributed by atoms with Crippen LogP contribution in [0.1, 0.15) is 89.5 Å². The third kappa shape index (κ3) is 11.1. The third-order valence-corrected chi connectivity index (χ3v) is 15.8. The van der Waals surface area contributed by atoms with Gasteiger partial charge in [0.2, 0.25) is 0 Å². The van der Waals surface area contributed by atoms with E-state index in [2.05, 4.69) is 254 Å². The number of allylic oxidation sites excluding steroid dienone is 2. The maximum absolute atomic E-state index is 10.0. The molecule has 0 fully saturated rings. The van der Waals surface area contributed by atoms with Gasteiger partial charge >= 0.3 is 0 Å². The Kier molecular flexibility index (Phi) is 17.6. The number of rotatable bonds is 13. The van der Waals surface area contributed by atoms with Gasteiger partial charge < -0.3 is 24.9 Å². The van der Waals surface area contributed by atoms with E-state index in [9.17, 15) is 4.79 Å². The fraction of sp³-hybridized carbons (Fsp3) is 0.164. The Balaban J connectivity index is 0.000000171. The van der Waals surface area contributed by atoms with E-state index in [1.165, 1.54) is 75.8 Å². The van der Waals surface area contributed by atoms with E-state index in [-0.39, 0.29) is 42.5 Å². The Morgan fingerprint density at radius 1 is 0.438 bits per heavy atom. The van der Waals surface area contributed by atoms with Crippen LogP contribution in [-0.2, 0) is 35.7 Å². The van der Waals surface area contributed by atoms with E-state index in [1.807, 2.05) is 36.7 Å². The Bertz CT molecular complexity index is 3400. The van der Waals surface area contributed by atoms with Crippen molar-refractivity contribution < 1.29 is 30.0 Å². The second kappa shape index (κ2) is 25.1. The van der Waals surface area contributed by atoms with Crippen LogP contribution < -0.4 is 9.80 Å².